The molecule has 0 heterocycles. The molecular weight excluding hydrogens is 857 g/mol. The van der Waals surface area contributed by atoms with E-state index in [9.17, 15) is 9.59 Å². The zero-order chi connectivity index (χ0) is 48.3. The highest BCUT2D eigenvalue weighted by atomic mass is 16.5. The molecule has 0 aromatic rings. The summed E-state index contributed by atoms with van der Waals surface area (Å²) in [5.74, 6) is -0.277. The first kappa shape index (κ1) is 63.0. The molecule has 0 spiro atoms. The SMILES string of the molecule is CCCCCCC(=O)OC/C=C/COC/C=C/COC/C=C/COC/C=C/COC/C=C/COC/C=C/COC/C=C/COC/C=C/COC/C=C/COC/C=C/COC(=O)CCCCCC. The summed E-state index contributed by atoms with van der Waals surface area (Å²) < 4.78 is 60.1. The maximum Gasteiger partial charge on any atom is 0.306 e. The van der Waals surface area contributed by atoms with Gasteiger partial charge in [-0.2, -0.15) is 0 Å². The molecule has 0 aromatic heterocycles. The summed E-state index contributed by atoms with van der Waals surface area (Å²) in [5.41, 5.74) is 0. The van der Waals surface area contributed by atoms with Crippen LogP contribution in [-0.4, -0.2) is 144 Å². The van der Waals surface area contributed by atoms with E-state index in [1.807, 2.05) is 109 Å². The summed E-state index contributed by atoms with van der Waals surface area (Å²) in [7, 11) is 0. The molecule has 67 heavy (non-hydrogen) atoms. The van der Waals surface area contributed by atoms with E-state index in [1.165, 1.54) is 0 Å². The second-order valence-electron chi connectivity index (χ2n) is 14.5. The summed E-state index contributed by atoms with van der Waals surface area (Å²) in [4.78, 5) is 23.2. The zero-order valence-corrected chi connectivity index (χ0v) is 41.1. The van der Waals surface area contributed by atoms with Crippen molar-refractivity contribution in [2.75, 3.05) is 132 Å². The number of unbranched alkanes of at least 4 members (excludes halogenated alkanes) is 6. The first-order valence-electron chi connectivity index (χ1n) is 24.2. The monoisotopic (exact) mass is 943 g/mol. The van der Waals surface area contributed by atoms with Gasteiger partial charge in [-0.1, -0.05) is 162 Å². The van der Waals surface area contributed by atoms with Gasteiger partial charge in [-0.25, -0.2) is 0 Å². The van der Waals surface area contributed by atoms with Crippen LogP contribution in [0.3, 0.4) is 0 Å². The van der Waals surface area contributed by atoms with Crippen molar-refractivity contribution in [3.8, 4) is 0 Å². The summed E-state index contributed by atoms with van der Waals surface area (Å²) in [6, 6.07) is 0. The van der Waals surface area contributed by atoms with Crippen LogP contribution in [-0.2, 0) is 61.7 Å². The van der Waals surface area contributed by atoms with E-state index in [4.69, 9.17) is 52.1 Å². The molecule has 0 aliphatic heterocycles. The third-order valence-corrected chi connectivity index (χ3v) is 8.67. The van der Waals surface area contributed by atoms with Gasteiger partial charge in [-0.3, -0.25) is 9.59 Å². The van der Waals surface area contributed by atoms with Crippen LogP contribution >= 0.6 is 0 Å². The van der Waals surface area contributed by atoms with Gasteiger partial charge >= 0.3 is 11.9 Å². The first-order chi connectivity index (χ1) is 33.2. The summed E-state index contributed by atoms with van der Waals surface area (Å²) in [6.07, 6.45) is 47.8. The normalized spacial score (nSPS) is 12.7. The average molecular weight is 943 g/mol. The van der Waals surface area contributed by atoms with Crippen molar-refractivity contribution in [1.29, 1.82) is 0 Å². The van der Waals surface area contributed by atoms with Crippen LogP contribution in [0.5, 0.6) is 0 Å². The Bertz CT molecular complexity index is 1270. The van der Waals surface area contributed by atoms with Gasteiger partial charge in [0.2, 0.25) is 0 Å². The second-order valence-corrected chi connectivity index (χ2v) is 14.5. The topological polar surface area (TPSA) is 136 Å². The predicted octanol–water partition coefficient (Wildman–Crippen LogP) is 9.72. The van der Waals surface area contributed by atoms with Gasteiger partial charge in [0.25, 0.3) is 0 Å². The Balaban J connectivity index is 3.43. The summed E-state index contributed by atoms with van der Waals surface area (Å²) in [5, 5.41) is 0. The van der Waals surface area contributed by atoms with E-state index in [0.29, 0.717) is 145 Å². The number of ether oxygens (including phenoxy) is 11. The van der Waals surface area contributed by atoms with Crippen LogP contribution in [0.2, 0.25) is 0 Å². The number of carbonyl (C=O) groups is 2. The molecule has 0 N–H and O–H groups in total. The Kier molecular flexibility index (Phi) is 54.6. The number of rotatable bonds is 50. The second kappa shape index (κ2) is 58.1. The molecule has 13 heteroatoms. The third-order valence-electron chi connectivity index (χ3n) is 8.67. The van der Waals surface area contributed by atoms with Gasteiger partial charge < -0.3 is 52.1 Å². The van der Waals surface area contributed by atoms with Gasteiger partial charge in [-0.15, -0.1) is 0 Å². The molecule has 0 aliphatic carbocycles. The summed E-state index contributed by atoms with van der Waals surface area (Å²) in [6.45, 7) is 14.0. The Hall–Kier alpha value is -4.02. The molecule has 380 valence electrons. The van der Waals surface area contributed by atoms with Crippen molar-refractivity contribution < 1.29 is 61.7 Å². The van der Waals surface area contributed by atoms with Gasteiger partial charge in [0.05, 0.1) is 119 Å². The van der Waals surface area contributed by atoms with Crippen LogP contribution in [0.1, 0.15) is 78.1 Å². The van der Waals surface area contributed by atoms with E-state index >= 15 is 0 Å². The fourth-order valence-electron chi connectivity index (χ4n) is 5.02. The van der Waals surface area contributed by atoms with Gasteiger partial charge in [0, 0.05) is 12.8 Å². The van der Waals surface area contributed by atoms with Crippen molar-refractivity contribution in [2.45, 2.75) is 78.1 Å². The van der Waals surface area contributed by atoms with Crippen molar-refractivity contribution in [3.63, 3.8) is 0 Å². The van der Waals surface area contributed by atoms with E-state index < -0.39 is 0 Å². The molecule has 13 nitrogen and oxygen atoms in total. The van der Waals surface area contributed by atoms with Crippen LogP contribution in [0, 0.1) is 0 Å². The lowest BCUT2D eigenvalue weighted by Crippen LogP contribution is -2.04. The number of esters is 2. The van der Waals surface area contributed by atoms with E-state index in [2.05, 4.69) is 13.8 Å². The van der Waals surface area contributed by atoms with Crippen LogP contribution in [0.4, 0.5) is 0 Å². The van der Waals surface area contributed by atoms with Crippen LogP contribution in [0.25, 0.3) is 0 Å². The molecule has 0 radical (unpaired) electrons. The number of hydrogen-bond donors (Lipinski definition) is 0. The maximum absolute atomic E-state index is 11.6. The third kappa shape index (κ3) is 58.0. The van der Waals surface area contributed by atoms with Crippen molar-refractivity contribution in [1.82, 2.24) is 0 Å². The van der Waals surface area contributed by atoms with Gasteiger partial charge in [0.15, 0.2) is 0 Å². The van der Waals surface area contributed by atoms with E-state index in [0.717, 1.165) is 51.4 Å². The lowest BCUT2D eigenvalue weighted by atomic mass is 10.2. The predicted molar refractivity (Wildman–Crippen MR) is 268 cm³/mol. The van der Waals surface area contributed by atoms with E-state index in [-0.39, 0.29) is 11.9 Å². The molecule has 0 rings (SSSR count). The molecule has 0 amide bonds. The molecular formula is C54H86O13. The van der Waals surface area contributed by atoms with Gasteiger partial charge in [0.1, 0.15) is 13.2 Å². The highest BCUT2D eigenvalue weighted by molar-refractivity contribution is 5.69. The minimum atomic E-state index is -0.139. The molecule has 0 saturated heterocycles. The van der Waals surface area contributed by atoms with E-state index in [1.54, 1.807) is 12.2 Å². The molecule has 0 aromatic carbocycles. The number of hydrogen-bond acceptors (Lipinski definition) is 13. The fourth-order valence-corrected chi connectivity index (χ4v) is 5.02. The Morgan fingerprint density at radius 3 is 0.567 bits per heavy atom. The molecule has 0 saturated carbocycles. The number of carbonyl (C=O) groups excluding carboxylic acids is 2. The van der Waals surface area contributed by atoms with Crippen molar-refractivity contribution in [3.05, 3.63) is 122 Å². The zero-order valence-electron chi connectivity index (χ0n) is 41.1. The lowest BCUT2D eigenvalue weighted by molar-refractivity contribution is -0.143. The summed E-state index contributed by atoms with van der Waals surface area (Å²) >= 11 is 0. The fraction of sp³-hybridized carbons (Fsp3) is 0.593. The molecule has 0 unspecified atom stereocenters. The smallest absolute Gasteiger partial charge is 0.306 e. The minimum Gasteiger partial charge on any atom is -0.461 e. The molecule has 0 aliphatic rings. The standard InChI is InChI=1S/C54H86O13/c1-3-5-7-9-31-53(55)66-51-29-27-49-64-47-25-23-45-62-43-21-19-41-60-39-17-15-37-58-35-13-11-33-57-34-12-14-36-59-38-16-18-40-61-42-20-22-44-63-46-24-26-48-65-50-28-30-52-67-54(56)32-10-8-6-4-2/h11-30H,3-10,31-52H2,1-2H3/b13-11+,14-12+,17-15+,18-16+,21-19+,22-20+,25-23+,26-24+,29-27+,30-28+. The maximum atomic E-state index is 11.6. The first-order valence-corrected chi connectivity index (χ1v) is 24.2. The molecule has 0 atom stereocenters. The Morgan fingerprint density at radius 1 is 0.239 bits per heavy atom. The Morgan fingerprint density at radius 2 is 0.403 bits per heavy atom. The Labute approximate surface area is 404 Å². The highest BCUT2D eigenvalue weighted by Gasteiger charge is 2.01. The average Bonchev–Trinajstić information content (AvgIpc) is 3.33. The lowest BCUT2D eigenvalue weighted by Gasteiger charge is -2.01. The van der Waals surface area contributed by atoms with Crippen molar-refractivity contribution >= 4 is 11.9 Å². The van der Waals surface area contributed by atoms with Crippen LogP contribution in [0.15, 0.2) is 122 Å². The van der Waals surface area contributed by atoms with Crippen LogP contribution < -0.4 is 0 Å². The molecule has 0 bridgehead atoms. The largest absolute Gasteiger partial charge is 0.461 e. The molecule has 0 fully saturated rings. The minimum absolute atomic E-state index is 0.139. The highest BCUT2D eigenvalue weighted by Crippen LogP contribution is 2.04. The van der Waals surface area contributed by atoms with Gasteiger partial charge in [-0.05, 0) is 25.0 Å². The van der Waals surface area contributed by atoms with Crippen molar-refractivity contribution in [2.24, 2.45) is 0 Å². The quantitative estimate of drug-likeness (QED) is 0.0326.